The van der Waals surface area contributed by atoms with Crippen LogP contribution < -0.4 is 9.47 Å². The molecule has 0 fully saturated rings. The molecule has 2 atom stereocenters. The molecule has 2 unspecified atom stereocenters. The first kappa shape index (κ1) is 21.0. The average molecular weight is 430 g/mol. The van der Waals surface area contributed by atoms with Gasteiger partial charge in [-0.25, -0.2) is 4.68 Å². The van der Waals surface area contributed by atoms with Crippen LogP contribution in [0.2, 0.25) is 0 Å². The summed E-state index contributed by atoms with van der Waals surface area (Å²) in [5, 5.41) is 15.5. The Balaban J connectivity index is 1.78. The highest BCUT2D eigenvalue weighted by molar-refractivity contribution is 5.57. The van der Waals surface area contributed by atoms with Crippen LogP contribution >= 0.6 is 0 Å². The number of hydrogen-bond donors (Lipinski definition) is 1. The van der Waals surface area contributed by atoms with Gasteiger partial charge in [-0.1, -0.05) is 24.3 Å². The Bertz CT molecular complexity index is 1110. The number of nitrogens with zero attached hydrogens (tertiary/aromatic N) is 2. The lowest BCUT2D eigenvalue weighted by atomic mass is 9.75. The molecule has 0 aliphatic heterocycles. The average Bonchev–Trinajstić information content (AvgIpc) is 3.21. The van der Waals surface area contributed by atoms with Gasteiger partial charge in [-0.05, 0) is 42.3 Å². The van der Waals surface area contributed by atoms with E-state index in [0.717, 1.165) is 5.69 Å². The van der Waals surface area contributed by atoms with Crippen molar-refractivity contribution in [1.29, 1.82) is 0 Å². The molecular formula is C23H21F3N2O3. The van der Waals surface area contributed by atoms with Gasteiger partial charge in [0.2, 0.25) is 0 Å². The van der Waals surface area contributed by atoms with Crippen LogP contribution in [0.15, 0.2) is 60.8 Å². The van der Waals surface area contributed by atoms with Crippen molar-refractivity contribution < 1.29 is 27.8 Å². The molecule has 1 aliphatic rings. The summed E-state index contributed by atoms with van der Waals surface area (Å²) in [4.78, 5) is 0. The van der Waals surface area contributed by atoms with Gasteiger partial charge in [0.25, 0.3) is 0 Å². The Labute approximate surface area is 177 Å². The lowest BCUT2D eigenvalue weighted by Gasteiger charge is -2.38. The fourth-order valence-corrected chi connectivity index (χ4v) is 3.98. The smallest absolute Gasteiger partial charge is 0.422 e. The molecule has 1 aliphatic carbocycles. The van der Waals surface area contributed by atoms with Crippen molar-refractivity contribution in [1.82, 2.24) is 9.78 Å². The Morgan fingerprint density at radius 3 is 2.45 bits per heavy atom. The molecule has 0 saturated heterocycles. The molecule has 162 valence electrons. The Morgan fingerprint density at radius 2 is 1.81 bits per heavy atom. The molecule has 1 aromatic heterocycles. The maximum absolute atomic E-state index is 14.3. The van der Waals surface area contributed by atoms with Crippen LogP contribution in [0.1, 0.15) is 16.8 Å². The van der Waals surface area contributed by atoms with Gasteiger partial charge in [0, 0.05) is 17.5 Å². The monoisotopic (exact) mass is 430 g/mol. The van der Waals surface area contributed by atoms with Gasteiger partial charge in [-0.2, -0.15) is 18.3 Å². The normalized spacial score (nSPS) is 17.7. The summed E-state index contributed by atoms with van der Waals surface area (Å²) in [5.41, 5.74) is -1.42. The third-order valence-corrected chi connectivity index (χ3v) is 5.60. The molecule has 1 N–H and O–H groups in total. The number of hydrogen-bond acceptors (Lipinski definition) is 4. The number of aromatic nitrogens is 2. The molecule has 0 amide bonds. The first-order valence-corrected chi connectivity index (χ1v) is 9.61. The van der Waals surface area contributed by atoms with Gasteiger partial charge in [-0.3, -0.25) is 0 Å². The first-order valence-electron chi connectivity index (χ1n) is 9.61. The predicted molar refractivity (Wildman–Crippen MR) is 109 cm³/mol. The van der Waals surface area contributed by atoms with Crippen molar-refractivity contribution in [2.75, 3.05) is 14.2 Å². The second-order valence-electron chi connectivity index (χ2n) is 7.30. The van der Waals surface area contributed by atoms with E-state index in [9.17, 15) is 18.3 Å². The second-order valence-corrected chi connectivity index (χ2v) is 7.30. The van der Waals surface area contributed by atoms with E-state index in [2.05, 4.69) is 5.10 Å². The zero-order chi connectivity index (χ0) is 22.2. The molecule has 31 heavy (non-hydrogen) atoms. The van der Waals surface area contributed by atoms with Crippen molar-refractivity contribution in [2.45, 2.75) is 18.2 Å². The first-order chi connectivity index (χ1) is 14.8. The van der Waals surface area contributed by atoms with Crippen LogP contribution in [0.5, 0.6) is 11.5 Å². The number of fused-ring (bicyclic) bond motifs is 1. The number of rotatable bonds is 5. The third-order valence-electron chi connectivity index (χ3n) is 5.60. The summed E-state index contributed by atoms with van der Waals surface area (Å²) in [6.45, 7) is 0. The number of ether oxygens (including phenoxy) is 2. The zero-order valence-corrected chi connectivity index (χ0v) is 16.9. The largest absolute Gasteiger partial charge is 0.497 e. The third kappa shape index (κ3) is 3.46. The number of benzene rings is 2. The standard InChI is InChI=1S/C23H21F3N2O3/c1-30-18-9-10-19(21(13-18)31-2)22(29,23(24,25)26)16-8-11-20-15(12-16)14-27-28(20)17-6-4-3-5-7-17/h3-11,13-14,16,29H,12H2,1-2H3. The van der Waals surface area contributed by atoms with Crippen LogP contribution in [0.3, 0.4) is 0 Å². The van der Waals surface area contributed by atoms with E-state index >= 15 is 0 Å². The summed E-state index contributed by atoms with van der Waals surface area (Å²) < 4.78 is 54.9. The van der Waals surface area contributed by atoms with Crippen molar-refractivity contribution in [2.24, 2.45) is 5.92 Å². The van der Waals surface area contributed by atoms with Crippen LogP contribution in [0.4, 0.5) is 13.2 Å². The maximum atomic E-state index is 14.3. The SMILES string of the molecule is COc1ccc(C(O)(C2C=Cc3c(cnn3-c3ccccc3)C2)C(F)(F)F)c(OC)c1. The van der Waals surface area contributed by atoms with Crippen molar-refractivity contribution in [3.05, 3.63) is 77.6 Å². The van der Waals surface area contributed by atoms with E-state index in [1.165, 1.54) is 38.5 Å². The van der Waals surface area contributed by atoms with Gasteiger partial charge in [-0.15, -0.1) is 0 Å². The van der Waals surface area contributed by atoms with Crippen LogP contribution in [-0.4, -0.2) is 35.3 Å². The molecule has 5 nitrogen and oxygen atoms in total. The van der Waals surface area contributed by atoms with Gasteiger partial charge in [0.1, 0.15) is 11.5 Å². The minimum atomic E-state index is -4.95. The predicted octanol–water partition coefficient (Wildman–Crippen LogP) is 4.53. The highest BCUT2D eigenvalue weighted by Crippen LogP contribution is 2.50. The Morgan fingerprint density at radius 1 is 1.06 bits per heavy atom. The van der Waals surface area contributed by atoms with E-state index < -0.39 is 17.7 Å². The number of methoxy groups -OCH3 is 2. The number of aliphatic hydroxyl groups is 1. The number of para-hydroxylation sites is 1. The molecule has 0 spiro atoms. The fourth-order valence-electron chi connectivity index (χ4n) is 3.98. The highest BCUT2D eigenvalue weighted by Gasteiger charge is 2.60. The quantitative estimate of drug-likeness (QED) is 0.647. The minimum Gasteiger partial charge on any atom is -0.497 e. The highest BCUT2D eigenvalue weighted by atomic mass is 19.4. The van der Waals surface area contributed by atoms with E-state index in [1.54, 1.807) is 17.0 Å². The van der Waals surface area contributed by atoms with Crippen LogP contribution in [-0.2, 0) is 12.0 Å². The van der Waals surface area contributed by atoms with Gasteiger partial charge in [0.05, 0.1) is 31.8 Å². The van der Waals surface area contributed by atoms with E-state index in [4.69, 9.17) is 9.47 Å². The van der Waals surface area contributed by atoms with Gasteiger partial charge in [0.15, 0.2) is 5.60 Å². The molecule has 0 saturated carbocycles. The lowest BCUT2D eigenvalue weighted by Crippen LogP contribution is -2.49. The molecular weight excluding hydrogens is 409 g/mol. The Kier molecular flexibility index (Phi) is 5.26. The topological polar surface area (TPSA) is 56.5 Å². The molecule has 3 aromatic rings. The summed E-state index contributed by atoms with van der Waals surface area (Å²) >= 11 is 0. The van der Waals surface area contributed by atoms with Crippen molar-refractivity contribution >= 4 is 6.08 Å². The lowest BCUT2D eigenvalue weighted by molar-refractivity contribution is -0.281. The van der Waals surface area contributed by atoms with E-state index in [0.29, 0.717) is 17.0 Å². The van der Waals surface area contributed by atoms with Crippen LogP contribution in [0, 0.1) is 5.92 Å². The summed E-state index contributed by atoms with van der Waals surface area (Å²) in [6, 6.07) is 13.2. The van der Waals surface area contributed by atoms with Gasteiger partial charge >= 0.3 is 6.18 Å². The molecule has 4 rings (SSSR count). The van der Waals surface area contributed by atoms with E-state index in [-0.39, 0.29) is 17.7 Å². The molecule has 0 bridgehead atoms. The molecule has 8 heteroatoms. The summed E-state index contributed by atoms with van der Waals surface area (Å²) in [7, 11) is 2.66. The van der Waals surface area contributed by atoms with Crippen molar-refractivity contribution in [3.8, 4) is 17.2 Å². The number of alkyl halides is 3. The molecule has 1 heterocycles. The summed E-state index contributed by atoms with van der Waals surface area (Å²) in [6.07, 6.45) is -0.474. The summed E-state index contributed by atoms with van der Waals surface area (Å²) in [5.74, 6) is -1.04. The van der Waals surface area contributed by atoms with Crippen molar-refractivity contribution in [3.63, 3.8) is 0 Å². The number of halogens is 3. The molecule has 0 radical (unpaired) electrons. The maximum Gasteiger partial charge on any atom is 0.422 e. The minimum absolute atomic E-state index is 0.0378. The van der Waals surface area contributed by atoms with Gasteiger partial charge < -0.3 is 14.6 Å². The molecule has 2 aromatic carbocycles. The van der Waals surface area contributed by atoms with Crippen LogP contribution in [0.25, 0.3) is 11.8 Å². The van der Waals surface area contributed by atoms with E-state index in [1.807, 2.05) is 30.3 Å². The Hall–Kier alpha value is -3.26. The zero-order valence-electron chi connectivity index (χ0n) is 16.9. The second kappa shape index (κ2) is 7.77. The fraction of sp³-hybridized carbons (Fsp3) is 0.261.